The van der Waals surface area contributed by atoms with E-state index in [0.29, 0.717) is 45.1 Å². The first-order valence-electron chi connectivity index (χ1n) is 9.81. The van der Waals surface area contributed by atoms with E-state index >= 15 is 0 Å². The standard InChI is InChI=1S/C21H30N2O3/c1-16(2)18-8-5-17(6-9-18)7-10-20(24)22-11-13-23(14-12-22)21(25)19-4-3-15-26-19/h5-6,8-9,16,19H,3-4,7,10-15H2,1-2H3. The number of hydrogen-bond donors (Lipinski definition) is 0. The van der Waals surface area contributed by atoms with Crippen molar-refractivity contribution in [1.29, 1.82) is 0 Å². The van der Waals surface area contributed by atoms with E-state index < -0.39 is 0 Å². The van der Waals surface area contributed by atoms with Gasteiger partial charge in [-0.2, -0.15) is 0 Å². The number of benzene rings is 1. The average molecular weight is 358 g/mol. The highest BCUT2D eigenvalue weighted by Crippen LogP contribution is 2.17. The minimum Gasteiger partial charge on any atom is -0.368 e. The minimum atomic E-state index is -0.258. The van der Waals surface area contributed by atoms with Crippen molar-refractivity contribution in [2.75, 3.05) is 32.8 Å². The molecular weight excluding hydrogens is 328 g/mol. The largest absolute Gasteiger partial charge is 0.368 e. The van der Waals surface area contributed by atoms with Crippen molar-refractivity contribution in [2.24, 2.45) is 0 Å². The Kier molecular flexibility index (Phi) is 6.30. The Morgan fingerprint density at radius 3 is 2.31 bits per heavy atom. The first-order valence-corrected chi connectivity index (χ1v) is 9.81. The third kappa shape index (κ3) is 4.64. The molecule has 142 valence electrons. The van der Waals surface area contributed by atoms with Crippen molar-refractivity contribution in [1.82, 2.24) is 9.80 Å². The van der Waals surface area contributed by atoms with Crippen molar-refractivity contribution in [2.45, 2.75) is 51.6 Å². The molecule has 0 aliphatic carbocycles. The molecule has 0 radical (unpaired) electrons. The van der Waals surface area contributed by atoms with Gasteiger partial charge in [0.2, 0.25) is 5.91 Å². The molecule has 2 fully saturated rings. The lowest BCUT2D eigenvalue weighted by molar-refractivity contribution is -0.146. The summed E-state index contributed by atoms with van der Waals surface area (Å²) in [5.74, 6) is 0.807. The summed E-state index contributed by atoms with van der Waals surface area (Å²) in [5, 5.41) is 0. The number of carbonyl (C=O) groups excluding carboxylic acids is 2. The van der Waals surface area contributed by atoms with Crippen LogP contribution >= 0.6 is 0 Å². The maximum absolute atomic E-state index is 12.5. The van der Waals surface area contributed by atoms with Gasteiger partial charge in [-0.05, 0) is 36.3 Å². The van der Waals surface area contributed by atoms with Gasteiger partial charge in [-0.15, -0.1) is 0 Å². The van der Waals surface area contributed by atoms with Crippen LogP contribution in [0.3, 0.4) is 0 Å². The van der Waals surface area contributed by atoms with Gasteiger partial charge in [-0.25, -0.2) is 0 Å². The third-order valence-corrected chi connectivity index (χ3v) is 5.42. The highest BCUT2D eigenvalue weighted by Gasteiger charge is 2.31. The molecule has 0 N–H and O–H groups in total. The van der Waals surface area contributed by atoms with Crippen LogP contribution in [0, 0.1) is 0 Å². The molecule has 2 amide bonds. The number of amides is 2. The normalized spacial score (nSPS) is 20.7. The average Bonchev–Trinajstić information content (AvgIpc) is 3.20. The van der Waals surface area contributed by atoms with E-state index in [9.17, 15) is 9.59 Å². The summed E-state index contributed by atoms with van der Waals surface area (Å²) < 4.78 is 5.48. The van der Waals surface area contributed by atoms with Gasteiger partial charge in [0.1, 0.15) is 6.10 Å². The number of hydrogen-bond acceptors (Lipinski definition) is 3. The summed E-state index contributed by atoms with van der Waals surface area (Å²) in [6, 6.07) is 8.56. The molecule has 3 rings (SSSR count). The van der Waals surface area contributed by atoms with Crippen LogP contribution in [0.2, 0.25) is 0 Å². The molecule has 26 heavy (non-hydrogen) atoms. The molecule has 2 aliphatic rings. The number of nitrogens with zero attached hydrogens (tertiary/aromatic N) is 2. The fourth-order valence-electron chi connectivity index (χ4n) is 3.63. The fourth-order valence-corrected chi connectivity index (χ4v) is 3.63. The van der Waals surface area contributed by atoms with Crippen molar-refractivity contribution in [3.05, 3.63) is 35.4 Å². The molecule has 1 unspecified atom stereocenters. The lowest BCUT2D eigenvalue weighted by Crippen LogP contribution is -2.52. The highest BCUT2D eigenvalue weighted by atomic mass is 16.5. The molecule has 5 heteroatoms. The van der Waals surface area contributed by atoms with Crippen molar-refractivity contribution >= 4 is 11.8 Å². The zero-order chi connectivity index (χ0) is 18.5. The van der Waals surface area contributed by atoms with Gasteiger partial charge < -0.3 is 14.5 Å². The predicted molar refractivity (Wildman–Crippen MR) is 101 cm³/mol. The van der Waals surface area contributed by atoms with Gasteiger partial charge in [-0.3, -0.25) is 9.59 Å². The summed E-state index contributed by atoms with van der Waals surface area (Å²) in [6.45, 7) is 7.55. The second-order valence-electron chi connectivity index (χ2n) is 7.60. The first-order chi connectivity index (χ1) is 12.5. The van der Waals surface area contributed by atoms with Gasteiger partial charge in [0.25, 0.3) is 5.91 Å². The molecule has 0 saturated carbocycles. The number of rotatable bonds is 5. The third-order valence-electron chi connectivity index (χ3n) is 5.42. The highest BCUT2D eigenvalue weighted by molar-refractivity contribution is 5.82. The van der Waals surface area contributed by atoms with Crippen LogP contribution < -0.4 is 0 Å². The molecule has 0 bridgehead atoms. The molecule has 0 aromatic heterocycles. The number of carbonyl (C=O) groups is 2. The van der Waals surface area contributed by atoms with Gasteiger partial charge in [-0.1, -0.05) is 38.1 Å². The number of piperazine rings is 1. The van der Waals surface area contributed by atoms with Crippen LogP contribution in [0.1, 0.15) is 50.2 Å². The van der Waals surface area contributed by atoms with Crippen LogP contribution in [-0.2, 0) is 20.7 Å². The Labute approximate surface area is 156 Å². The molecule has 0 spiro atoms. The lowest BCUT2D eigenvalue weighted by Gasteiger charge is -2.35. The molecule has 1 atom stereocenters. The topological polar surface area (TPSA) is 49.9 Å². The Bertz CT molecular complexity index is 613. The SMILES string of the molecule is CC(C)c1ccc(CCC(=O)N2CCN(C(=O)C3CCCO3)CC2)cc1. The molecule has 2 heterocycles. The van der Waals surface area contributed by atoms with Gasteiger partial charge in [0.05, 0.1) is 0 Å². The predicted octanol–water partition coefficient (Wildman–Crippen LogP) is 2.59. The zero-order valence-electron chi connectivity index (χ0n) is 15.9. The minimum absolute atomic E-state index is 0.0971. The van der Waals surface area contributed by atoms with Crippen molar-refractivity contribution in [3.8, 4) is 0 Å². The lowest BCUT2D eigenvalue weighted by atomic mass is 10.00. The monoisotopic (exact) mass is 358 g/mol. The molecular formula is C21H30N2O3. The number of ether oxygens (including phenoxy) is 1. The summed E-state index contributed by atoms with van der Waals surface area (Å²) in [6.07, 6.45) is 2.83. The second-order valence-corrected chi connectivity index (χ2v) is 7.60. The Morgan fingerprint density at radius 2 is 1.73 bits per heavy atom. The summed E-state index contributed by atoms with van der Waals surface area (Å²) in [4.78, 5) is 28.6. The molecule has 5 nitrogen and oxygen atoms in total. The van der Waals surface area contributed by atoms with Gasteiger partial charge in [0.15, 0.2) is 0 Å². The first kappa shape index (κ1) is 18.9. The second kappa shape index (κ2) is 8.67. The summed E-state index contributed by atoms with van der Waals surface area (Å²) in [7, 11) is 0. The van der Waals surface area contributed by atoms with Crippen LogP contribution in [-0.4, -0.2) is 60.5 Å². The van der Waals surface area contributed by atoms with Crippen LogP contribution in [0.4, 0.5) is 0 Å². The molecule has 1 aromatic rings. The Balaban J connectivity index is 1.42. The van der Waals surface area contributed by atoms with Gasteiger partial charge >= 0.3 is 0 Å². The summed E-state index contributed by atoms with van der Waals surface area (Å²) in [5.41, 5.74) is 2.53. The van der Waals surface area contributed by atoms with E-state index in [1.165, 1.54) is 11.1 Å². The number of aryl methyl sites for hydroxylation is 1. The van der Waals surface area contributed by atoms with Crippen molar-refractivity contribution in [3.63, 3.8) is 0 Å². The van der Waals surface area contributed by atoms with E-state index in [1.54, 1.807) is 0 Å². The molecule has 2 saturated heterocycles. The maximum atomic E-state index is 12.5. The van der Waals surface area contributed by atoms with Crippen molar-refractivity contribution < 1.29 is 14.3 Å². The van der Waals surface area contributed by atoms with E-state index in [0.717, 1.165) is 19.3 Å². The van der Waals surface area contributed by atoms with Crippen LogP contribution in [0.15, 0.2) is 24.3 Å². The van der Waals surface area contributed by atoms with E-state index in [1.807, 2.05) is 9.80 Å². The maximum Gasteiger partial charge on any atom is 0.251 e. The zero-order valence-corrected chi connectivity index (χ0v) is 15.9. The van der Waals surface area contributed by atoms with Crippen LogP contribution in [0.25, 0.3) is 0 Å². The molecule has 1 aromatic carbocycles. The quantitative estimate of drug-likeness (QED) is 0.813. The van der Waals surface area contributed by atoms with Crippen LogP contribution in [0.5, 0.6) is 0 Å². The fraction of sp³-hybridized carbons (Fsp3) is 0.619. The van der Waals surface area contributed by atoms with E-state index in [2.05, 4.69) is 38.1 Å². The van der Waals surface area contributed by atoms with E-state index in [4.69, 9.17) is 4.74 Å². The summed E-state index contributed by atoms with van der Waals surface area (Å²) >= 11 is 0. The Hall–Kier alpha value is -1.88. The smallest absolute Gasteiger partial charge is 0.251 e. The van der Waals surface area contributed by atoms with E-state index in [-0.39, 0.29) is 17.9 Å². The Morgan fingerprint density at radius 1 is 1.08 bits per heavy atom. The molecule has 2 aliphatic heterocycles. The van der Waals surface area contributed by atoms with Gasteiger partial charge in [0, 0.05) is 39.2 Å².